The summed E-state index contributed by atoms with van der Waals surface area (Å²) in [5.41, 5.74) is 8.72. The molecule has 2 N–H and O–H groups in total. The number of hydrogen-bond donors (Lipinski definition) is 1. The molecule has 1 aromatic carbocycles. The number of hydrogen-bond acceptors (Lipinski definition) is 3. The third-order valence-corrected chi connectivity index (χ3v) is 2.85. The minimum atomic E-state index is 0.365. The number of aromatic nitrogens is 3. The van der Waals surface area contributed by atoms with E-state index in [-0.39, 0.29) is 0 Å². The molecule has 0 saturated heterocycles. The van der Waals surface area contributed by atoms with Crippen LogP contribution in [0.5, 0.6) is 0 Å². The van der Waals surface area contributed by atoms with Crippen LogP contribution in [0.1, 0.15) is 31.2 Å². The van der Waals surface area contributed by atoms with E-state index in [1.165, 1.54) is 0 Å². The summed E-state index contributed by atoms with van der Waals surface area (Å²) in [4.78, 5) is 4.55. The van der Waals surface area contributed by atoms with E-state index in [1.54, 1.807) is 0 Å². The maximum Gasteiger partial charge on any atom is 0.181 e. The van der Waals surface area contributed by atoms with Gasteiger partial charge in [0, 0.05) is 24.2 Å². The van der Waals surface area contributed by atoms with Crippen LogP contribution in [0.4, 0.5) is 5.69 Å². The molecule has 0 saturated carbocycles. The molecule has 0 aliphatic heterocycles. The molecule has 0 aliphatic carbocycles. The van der Waals surface area contributed by atoms with Gasteiger partial charge in [0.05, 0.1) is 0 Å². The van der Waals surface area contributed by atoms with Crippen molar-refractivity contribution in [2.45, 2.75) is 26.7 Å². The highest BCUT2D eigenvalue weighted by molar-refractivity contribution is 5.63. The minimum absolute atomic E-state index is 0.365. The number of benzene rings is 1. The SMILES string of the molecule is Cc1ccc(-c2nc(C(C)C)n(C)n2)cc1N. The van der Waals surface area contributed by atoms with Crippen LogP contribution in [0.25, 0.3) is 11.4 Å². The fraction of sp³-hybridized carbons (Fsp3) is 0.385. The summed E-state index contributed by atoms with van der Waals surface area (Å²) in [6.07, 6.45) is 0. The Morgan fingerprint density at radius 2 is 2.00 bits per heavy atom. The molecule has 0 fully saturated rings. The fourth-order valence-corrected chi connectivity index (χ4v) is 1.80. The summed E-state index contributed by atoms with van der Waals surface area (Å²) in [5, 5.41) is 4.42. The lowest BCUT2D eigenvalue weighted by molar-refractivity contribution is 0.655. The van der Waals surface area contributed by atoms with E-state index in [1.807, 2.05) is 36.9 Å². The predicted molar refractivity (Wildman–Crippen MR) is 69.7 cm³/mol. The van der Waals surface area contributed by atoms with Crippen molar-refractivity contribution in [2.75, 3.05) is 5.73 Å². The molecule has 0 unspecified atom stereocenters. The summed E-state index contributed by atoms with van der Waals surface area (Å²) in [6, 6.07) is 5.93. The maximum absolute atomic E-state index is 5.90. The van der Waals surface area contributed by atoms with Crippen molar-refractivity contribution in [3.05, 3.63) is 29.6 Å². The first-order valence-corrected chi connectivity index (χ1v) is 5.76. The zero-order valence-corrected chi connectivity index (χ0v) is 10.7. The third kappa shape index (κ3) is 2.16. The van der Waals surface area contributed by atoms with E-state index >= 15 is 0 Å². The number of anilines is 1. The normalized spacial score (nSPS) is 11.1. The highest BCUT2D eigenvalue weighted by Gasteiger charge is 2.12. The Kier molecular flexibility index (Phi) is 2.88. The van der Waals surface area contributed by atoms with Gasteiger partial charge in [0.15, 0.2) is 5.82 Å². The van der Waals surface area contributed by atoms with Crippen LogP contribution in [-0.2, 0) is 7.05 Å². The van der Waals surface area contributed by atoms with Gasteiger partial charge < -0.3 is 5.73 Å². The standard InChI is InChI=1S/C13H18N4/c1-8(2)13-15-12(16-17(13)4)10-6-5-9(3)11(14)7-10/h5-8H,14H2,1-4H3. The summed E-state index contributed by atoms with van der Waals surface area (Å²) >= 11 is 0. The second-order valence-electron chi connectivity index (χ2n) is 4.64. The molecular weight excluding hydrogens is 212 g/mol. The monoisotopic (exact) mass is 230 g/mol. The van der Waals surface area contributed by atoms with Crippen molar-refractivity contribution in [3.63, 3.8) is 0 Å². The Morgan fingerprint density at radius 3 is 2.53 bits per heavy atom. The summed E-state index contributed by atoms with van der Waals surface area (Å²) < 4.78 is 1.83. The van der Waals surface area contributed by atoms with E-state index in [4.69, 9.17) is 5.73 Å². The molecule has 1 heterocycles. The number of nitrogens with two attached hydrogens (primary N) is 1. The molecule has 90 valence electrons. The second kappa shape index (κ2) is 4.20. The minimum Gasteiger partial charge on any atom is -0.398 e. The zero-order valence-electron chi connectivity index (χ0n) is 10.7. The lowest BCUT2D eigenvalue weighted by Gasteiger charge is -2.01. The highest BCUT2D eigenvalue weighted by atomic mass is 15.3. The Hall–Kier alpha value is -1.84. The Labute approximate surface area is 101 Å². The molecule has 4 heteroatoms. The van der Waals surface area contributed by atoms with Crippen molar-refractivity contribution in [1.29, 1.82) is 0 Å². The van der Waals surface area contributed by atoms with Crippen molar-refractivity contribution in [2.24, 2.45) is 7.05 Å². The van der Waals surface area contributed by atoms with Crippen LogP contribution in [-0.4, -0.2) is 14.8 Å². The topological polar surface area (TPSA) is 56.7 Å². The predicted octanol–water partition coefficient (Wildman–Crippen LogP) is 2.50. The van der Waals surface area contributed by atoms with Gasteiger partial charge in [0.1, 0.15) is 5.82 Å². The molecule has 0 amide bonds. The number of rotatable bonds is 2. The Bertz CT molecular complexity index is 540. The number of nitrogen functional groups attached to an aromatic ring is 1. The van der Waals surface area contributed by atoms with Gasteiger partial charge in [-0.2, -0.15) is 5.10 Å². The van der Waals surface area contributed by atoms with Gasteiger partial charge in [-0.1, -0.05) is 26.0 Å². The quantitative estimate of drug-likeness (QED) is 0.806. The van der Waals surface area contributed by atoms with Crippen molar-refractivity contribution < 1.29 is 0 Å². The van der Waals surface area contributed by atoms with E-state index in [2.05, 4.69) is 23.9 Å². The maximum atomic E-state index is 5.90. The average Bonchev–Trinajstić information content (AvgIpc) is 2.64. The van der Waals surface area contributed by atoms with Crippen LogP contribution < -0.4 is 5.73 Å². The smallest absolute Gasteiger partial charge is 0.181 e. The van der Waals surface area contributed by atoms with E-state index < -0.39 is 0 Å². The first-order valence-electron chi connectivity index (χ1n) is 5.76. The molecule has 2 aromatic rings. The Morgan fingerprint density at radius 1 is 1.29 bits per heavy atom. The van der Waals surface area contributed by atoms with Crippen LogP contribution >= 0.6 is 0 Å². The molecule has 1 aromatic heterocycles. The first kappa shape index (κ1) is 11.6. The van der Waals surface area contributed by atoms with Crippen molar-refractivity contribution in [1.82, 2.24) is 14.8 Å². The molecule has 0 bridgehead atoms. The van der Waals surface area contributed by atoms with Crippen molar-refractivity contribution >= 4 is 5.69 Å². The summed E-state index contributed by atoms with van der Waals surface area (Å²) in [7, 11) is 1.92. The van der Waals surface area contributed by atoms with Gasteiger partial charge in [0.25, 0.3) is 0 Å². The largest absolute Gasteiger partial charge is 0.398 e. The first-order chi connectivity index (χ1) is 7.99. The van der Waals surface area contributed by atoms with Crippen LogP contribution in [0.15, 0.2) is 18.2 Å². The van der Waals surface area contributed by atoms with Gasteiger partial charge in [-0.25, -0.2) is 4.98 Å². The lowest BCUT2D eigenvalue weighted by Crippen LogP contribution is -2.00. The van der Waals surface area contributed by atoms with Crippen LogP contribution in [0, 0.1) is 6.92 Å². The van der Waals surface area contributed by atoms with E-state index in [0.29, 0.717) is 5.92 Å². The molecule has 0 radical (unpaired) electrons. The fourth-order valence-electron chi connectivity index (χ4n) is 1.80. The lowest BCUT2D eigenvalue weighted by atomic mass is 10.1. The highest BCUT2D eigenvalue weighted by Crippen LogP contribution is 2.22. The van der Waals surface area contributed by atoms with Gasteiger partial charge in [-0.15, -0.1) is 0 Å². The van der Waals surface area contributed by atoms with E-state index in [0.717, 1.165) is 28.5 Å². The van der Waals surface area contributed by atoms with Gasteiger partial charge in [-0.05, 0) is 18.6 Å². The van der Waals surface area contributed by atoms with Crippen LogP contribution in [0.2, 0.25) is 0 Å². The molecule has 4 nitrogen and oxygen atoms in total. The molecule has 2 rings (SSSR count). The van der Waals surface area contributed by atoms with Crippen LogP contribution in [0.3, 0.4) is 0 Å². The third-order valence-electron chi connectivity index (χ3n) is 2.85. The molecule has 0 spiro atoms. The van der Waals surface area contributed by atoms with Gasteiger partial charge in [-0.3, -0.25) is 4.68 Å². The van der Waals surface area contributed by atoms with Gasteiger partial charge in [0.2, 0.25) is 0 Å². The molecule has 0 aliphatic rings. The molecule has 0 atom stereocenters. The summed E-state index contributed by atoms with van der Waals surface area (Å²) in [6.45, 7) is 6.21. The average molecular weight is 230 g/mol. The Balaban J connectivity index is 2.46. The molecule has 17 heavy (non-hydrogen) atoms. The zero-order chi connectivity index (χ0) is 12.6. The summed E-state index contributed by atoms with van der Waals surface area (Å²) in [5.74, 6) is 2.09. The van der Waals surface area contributed by atoms with E-state index in [9.17, 15) is 0 Å². The van der Waals surface area contributed by atoms with Crippen molar-refractivity contribution in [3.8, 4) is 11.4 Å². The second-order valence-corrected chi connectivity index (χ2v) is 4.64. The molecular formula is C13H18N4. The number of nitrogens with zero attached hydrogens (tertiary/aromatic N) is 3. The number of aryl methyl sites for hydroxylation is 2. The van der Waals surface area contributed by atoms with Gasteiger partial charge >= 0.3 is 0 Å².